The van der Waals surface area contributed by atoms with E-state index < -0.39 is 0 Å². The van der Waals surface area contributed by atoms with Gasteiger partial charge in [-0.2, -0.15) is 4.90 Å². The van der Waals surface area contributed by atoms with E-state index in [-0.39, 0.29) is 0 Å². The summed E-state index contributed by atoms with van der Waals surface area (Å²) < 4.78 is 1.00. The molecule has 1 aromatic carbocycles. The first kappa shape index (κ1) is 12.4. The van der Waals surface area contributed by atoms with Crippen LogP contribution in [0.1, 0.15) is 5.56 Å². The number of quaternary nitrogens is 1. The van der Waals surface area contributed by atoms with Crippen molar-refractivity contribution in [2.75, 3.05) is 28.2 Å². The van der Waals surface area contributed by atoms with Gasteiger partial charge >= 0.3 is 0 Å². The Morgan fingerprint density at radius 1 is 0.923 bits per heavy atom. The lowest BCUT2D eigenvalue weighted by atomic mass is 10.2. The average molecular weight is 197 g/mol. The number of hydrogen-bond acceptors (Lipinski definition) is 1. The van der Waals surface area contributed by atoms with Crippen LogP contribution in [0.4, 0.5) is 0 Å². The molecule has 0 bridgehead atoms. The Kier molecular flexibility index (Phi) is 4.96. The maximum Gasteiger partial charge on any atom is 0.0675 e. The molecule has 0 radical (unpaired) electrons. The number of aryl methyl sites for hydroxylation is 1. The van der Waals surface area contributed by atoms with Gasteiger partial charge in [-0.05, 0) is 6.92 Å². The van der Waals surface area contributed by atoms with Crippen molar-refractivity contribution in [1.29, 1.82) is 0 Å². The van der Waals surface area contributed by atoms with Crippen LogP contribution < -0.4 is 0 Å². The number of nitrogens with zero attached hydrogens (tertiary/aromatic N) is 1. The van der Waals surface area contributed by atoms with Crippen molar-refractivity contribution in [2.24, 2.45) is 0 Å². The van der Waals surface area contributed by atoms with Gasteiger partial charge in [-0.1, -0.05) is 29.8 Å². The predicted molar refractivity (Wildman–Crippen MR) is 60.8 cm³/mol. The highest BCUT2D eigenvalue weighted by Crippen LogP contribution is 1.99. The summed E-state index contributed by atoms with van der Waals surface area (Å²) in [4.78, 5) is 0.913. The minimum Gasteiger partial charge on any atom is -0.780 e. The molecule has 0 aliphatic carbocycles. The van der Waals surface area contributed by atoms with Gasteiger partial charge in [0.25, 0.3) is 0 Å². The fraction of sp³-hybridized carbons (Fsp3) is 0.455. The van der Waals surface area contributed by atoms with Crippen molar-refractivity contribution in [3.05, 3.63) is 29.8 Å². The van der Waals surface area contributed by atoms with Crippen molar-refractivity contribution in [2.45, 2.75) is 11.8 Å². The van der Waals surface area contributed by atoms with Crippen LogP contribution in [0.25, 0.3) is 0 Å². The summed E-state index contributed by atoms with van der Waals surface area (Å²) in [5, 5.41) is 0. The van der Waals surface area contributed by atoms with Crippen LogP contribution in [0.15, 0.2) is 29.2 Å². The molecule has 0 saturated heterocycles. The Balaban J connectivity index is 0.000000252. The van der Waals surface area contributed by atoms with Crippen LogP contribution in [0, 0.1) is 6.92 Å². The highest BCUT2D eigenvalue weighted by Gasteiger charge is 1.88. The van der Waals surface area contributed by atoms with Gasteiger partial charge in [-0.25, -0.2) is 0 Å². The molecule has 0 saturated carbocycles. The van der Waals surface area contributed by atoms with Crippen LogP contribution in [-0.4, -0.2) is 32.7 Å². The van der Waals surface area contributed by atoms with E-state index in [1.807, 2.05) is 24.3 Å². The maximum atomic E-state index is 4.87. The van der Waals surface area contributed by atoms with Crippen molar-refractivity contribution < 1.29 is 4.48 Å². The van der Waals surface area contributed by atoms with Gasteiger partial charge in [0.1, 0.15) is 0 Å². The predicted octanol–water partition coefficient (Wildman–Crippen LogP) is 2.22. The standard InChI is InChI=1S/C7H8S.C4H12N/c1-6-2-4-7(8)5-3-6;1-5(2,3)4/h2-5,8H,1H3;1-4H3/q;+1/p-1. The topological polar surface area (TPSA) is 0 Å². The summed E-state index contributed by atoms with van der Waals surface area (Å²) in [6, 6.07) is 7.90. The molecule has 0 N–H and O–H groups in total. The first-order valence-corrected chi connectivity index (χ1v) is 4.72. The van der Waals surface area contributed by atoms with Gasteiger partial charge < -0.3 is 17.1 Å². The highest BCUT2D eigenvalue weighted by atomic mass is 32.1. The molecule has 0 heterocycles. The summed E-state index contributed by atoms with van der Waals surface area (Å²) in [7, 11) is 8.50. The lowest BCUT2D eigenvalue weighted by Gasteiger charge is -2.14. The number of hydrogen-bond donors (Lipinski definition) is 0. The Morgan fingerprint density at radius 3 is 1.46 bits per heavy atom. The molecule has 0 aromatic heterocycles. The first-order valence-electron chi connectivity index (χ1n) is 4.31. The molecule has 0 unspecified atom stereocenters. The van der Waals surface area contributed by atoms with Crippen molar-refractivity contribution >= 4 is 12.6 Å². The third kappa shape index (κ3) is 11.4. The Bertz CT molecular complexity index is 206. The zero-order chi connectivity index (χ0) is 10.5. The van der Waals surface area contributed by atoms with E-state index in [0.29, 0.717) is 0 Å². The quantitative estimate of drug-likeness (QED) is 0.454. The summed E-state index contributed by atoms with van der Waals surface area (Å²) in [6.07, 6.45) is 0. The van der Waals surface area contributed by atoms with Gasteiger partial charge in [-0.15, -0.1) is 0 Å². The largest absolute Gasteiger partial charge is 0.780 e. The van der Waals surface area contributed by atoms with Crippen LogP contribution in [0.2, 0.25) is 0 Å². The van der Waals surface area contributed by atoms with Gasteiger partial charge in [-0.3, -0.25) is 0 Å². The SMILES string of the molecule is C[N+](C)(C)C.Cc1ccc([S-])cc1. The van der Waals surface area contributed by atoms with Gasteiger partial charge in [0, 0.05) is 0 Å². The normalized spacial score (nSPS) is 10.2. The molecule has 13 heavy (non-hydrogen) atoms. The van der Waals surface area contributed by atoms with E-state index in [9.17, 15) is 0 Å². The van der Waals surface area contributed by atoms with E-state index in [1.54, 1.807) is 0 Å². The molecule has 2 heteroatoms. The van der Waals surface area contributed by atoms with Gasteiger partial charge in [0.2, 0.25) is 0 Å². The van der Waals surface area contributed by atoms with Crippen molar-refractivity contribution in [1.82, 2.24) is 0 Å². The Morgan fingerprint density at radius 2 is 1.23 bits per heavy atom. The van der Waals surface area contributed by atoms with E-state index in [1.165, 1.54) is 5.56 Å². The zero-order valence-corrected chi connectivity index (χ0v) is 9.98. The molecule has 1 aromatic rings. The second-order valence-corrected chi connectivity index (χ2v) is 4.97. The molecule has 0 atom stereocenters. The number of rotatable bonds is 0. The maximum absolute atomic E-state index is 4.87. The molecule has 0 fully saturated rings. The van der Waals surface area contributed by atoms with Crippen molar-refractivity contribution in [3.63, 3.8) is 0 Å². The Labute approximate surface area is 87.4 Å². The molecular formula is C11H19NS. The van der Waals surface area contributed by atoms with Crippen LogP contribution in [0.5, 0.6) is 0 Å². The lowest BCUT2D eigenvalue weighted by molar-refractivity contribution is -0.849. The number of benzene rings is 1. The summed E-state index contributed by atoms with van der Waals surface area (Å²) >= 11 is 4.87. The average Bonchev–Trinajstić information content (AvgIpc) is 1.92. The monoisotopic (exact) mass is 197 g/mol. The minimum absolute atomic E-state index is 0.913. The molecule has 0 aliphatic rings. The minimum atomic E-state index is 0.913. The van der Waals surface area contributed by atoms with Gasteiger partial charge in [0.15, 0.2) is 0 Å². The second kappa shape index (κ2) is 5.20. The summed E-state index contributed by atoms with van der Waals surface area (Å²) in [6.45, 7) is 2.05. The fourth-order valence-electron chi connectivity index (χ4n) is 0.538. The molecule has 0 amide bonds. The van der Waals surface area contributed by atoms with Crippen LogP contribution in [0.3, 0.4) is 0 Å². The Hall–Kier alpha value is -0.600. The first-order chi connectivity index (χ1) is 5.79. The smallest absolute Gasteiger partial charge is 0.0675 e. The molecule has 1 nitrogen and oxygen atoms in total. The zero-order valence-electron chi connectivity index (χ0n) is 9.16. The summed E-state index contributed by atoms with van der Waals surface area (Å²) in [5.74, 6) is 0. The van der Waals surface area contributed by atoms with Crippen LogP contribution in [-0.2, 0) is 12.6 Å². The van der Waals surface area contributed by atoms with E-state index >= 15 is 0 Å². The third-order valence-electron chi connectivity index (χ3n) is 1.02. The van der Waals surface area contributed by atoms with Crippen molar-refractivity contribution in [3.8, 4) is 0 Å². The molecule has 74 valence electrons. The molecule has 1 rings (SSSR count). The van der Waals surface area contributed by atoms with E-state index in [4.69, 9.17) is 12.6 Å². The fourth-order valence-corrected chi connectivity index (χ4v) is 0.674. The molecular weight excluding hydrogens is 178 g/mol. The molecule has 0 aliphatic heterocycles. The second-order valence-electron chi connectivity index (χ2n) is 4.50. The highest BCUT2D eigenvalue weighted by molar-refractivity contribution is 7.58. The van der Waals surface area contributed by atoms with E-state index in [0.717, 1.165) is 9.38 Å². The van der Waals surface area contributed by atoms with Crippen LogP contribution >= 0.6 is 0 Å². The lowest BCUT2D eigenvalue weighted by Crippen LogP contribution is -2.27. The molecule has 0 spiro atoms. The van der Waals surface area contributed by atoms with E-state index in [2.05, 4.69) is 35.1 Å². The summed E-state index contributed by atoms with van der Waals surface area (Å²) in [5.41, 5.74) is 1.26. The van der Waals surface area contributed by atoms with Gasteiger partial charge in [0.05, 0.1) is 28.2 Å². The third-order valence-corrected chi connectivity index (χ3v) is 1.29.